The number of carbonyl (C=O) groups is 1. The highest BCUT2D eigenvalue weighted by Gasteiger charge is 2.44. The summed E-state index contributed by atoms with van der Waals surface area (Å²) in [5.74, 6) is -0.348. The number of halogens is 1. The van der Waals surface area contributed by atoms with Crippen LogP contribution in [0.25, 0.3) is 0 Å². The predicted molar refractivity (Wildman–Crippen MR) is 107 cm³/mol. The van der Waals surface area contributed by atoms with E-state index in [4.69, 9.17) is 21.3 Å². The molecule has 0 amide bonds. The van der Waals surface area contributed by atoms with Crippen molar-refractivity contribution in [3.05, 3.63) is 65.7 Å². The van der Waals surface area contributed by atoms with Crippen molar-refractivity contribution in [1.29, 1.82) is 0 Å². The quantitative estimate of drug-likeness (QED) is 0.625. The summed E-state index contributed by atoms with van der Waals surface area (Å²) in [7, 11) is 0. The number of rotatable bonds is 8. The van der Waals surface area contributed by atoms with Crippen LogP contribution in [-0.4, -0.2) is 33.9 Å². The maximum Gasteiger partial charge on any atom is 0.338 e. The third-order valence-corrected chi connectivity index (χ3v) is 5.36. The summed E-state index contributed by atoms with van der Waals surface area (Å²) >= 11 is 5.87. The van der Waals surface area contributed by atoms with Gasteiger partial charge in [0.25, 0.3) is 0 Å². The van der Waals surface area contributed by atoms with Gasteiger partial charge in [0.05, 0.1) is 24.0 Å². The van der Waals surface area contributed by atoms with Gasteiger partial charge < -0.3 is 9.30 Å². The van der Waals surface area contributed by atoms with Crippen molar-refractivity contribution in [3.8, 4) is 0 Å². The summed E-state index contributed by atoms with van der Waals surface area (Å²) in [4.78, 5) is 21.2. The molecule has 1 aliphatic rings. The minimum absolute atomic E-state index is 0.279. The molecule has 3 rings (SSSR count). The van der Waals surface area contributed by atoms with E-state index in [2.05, 4.69) is 29.5 Å². The first-order valence-corrected chi connectivity index (χ1v) is 9.41. The third-order valence-electron chi connectivity index (χ3n) is 5.11. The van der Waals surface area contributed by atoms with Crippen molar-refractivity contribution in [2.45, 2.75) is 38.8 Å². The van der Waals surface area contributed by atoms with E-state index in [9.17, 15) is 4.79 Å². The minimum atomic E-state index is -0.381. The molecule has 0 bridgehead atoms. The molecule has 0 spiro atoms. The molecular formula is C21H24ClN3O2. The predicted octanol–water partition coefficient (Wildman–Crippen LogP) is 4.58. The van der Waals surface area contributed by atoms with E-state index in [0.29, 0.717) is 10.6 Å². The van der Waals surface area contributed by atoms with Crippen LogP contribution in [0.15, 0.2) is 60.1 Å². The second-order valence-electron chi connectivity index (χ2n) is 7.43. The van der Waals surface area contributed by atoms with Crippen LogP contribution in [0.4, 0.5) is 0 Å². The third kappa shape index (κ3) is 4.48. The van der Waals surface area contributed by atoms with E-state index in [-0.39, 0.29) is 23.5 Å². The Kier molecular flexibility index (Phi) is 5.80. The van der Waals surface area contributed by atoms with Gasteiger partial charge in [-0.1, -0.05) is 31.5 Å². The van der Waals surface area contributed by atoms with Gasteiger partial charge in [0.2, 0.25) is 0 Å². The molecule has 1 aromatic carbocycles. The molecule has 1 unspecified atom stereocenters. The van der Waals surface area contributed by atoms with Gasteiger partial charge in [0, 0.05) is 35.6 Å². The van der Waals surface area contributed by atoms with E-state index in [0.717, 1.165) is 19.4 Å². The zero-order valence-corrected chi connectivity index (χ0v) is 16.4. The summed E-state index contributed by atoms with van der Waals surface area (Å²) in [6, 6.07) is 6.72. The fourth-order valence-electron chi connectivity index (χ4n) is 3.30. The molecular weight excluding hydrogens is 362 g/mol. The van der Waals surface area contributed by atoms with E-state index in [1.807, 2.05) is 24.8 Å². The van der Waals surface area contributed by atoms with Gasteiger partial charge in [-0.3, -0.25) is 4.99 Å². The Morgan fingerprint density at radius 2 is 2.07 bits per heavy atom. The Bertz CT molecular complexity index is 812. The zero-order chi connectivity index (χ0) is 19.3. The van der Waals surface area contributed by atoms with Gasteiger partial charge in [-0.2, -0.15) is 0 Å². The van der Waals surface area contributed by atoms with Crippen molar-refractivity contribution >= 4 is 23.8 Å². The molecule has 6 heteroatoms. The van der Waals surface area contributed by atoms with Crippen LogP contribution in [-0.2, 0) is 11.3 Å². The maximum absolute atomic E-state index is 12.4. The molecule has 0 saturated carbocycles. The first-order chi connectivity index (χ1) is 12.9. The lowest BCUT2D eigenvalue weighted by molar-refractivity contribution is 0.0215. The lowest BCUT2D eigenvalue weighted by Gasteiger charge is -2.40. The normalized spacial score (nSPS) is 18.8. The average Bonchev–Trinajstić information content (AvgIpc) is 3.33. The Hall–Kier alpha value is -2.40. The van der Waals surface area contributed by atoms with E-state index < -0.39 is 0 Å². The Morgan fingerprint density at radius 1 is 1.30 bits per heavy atom. The van der Waals surface area contributed by atoms with Gasteiger partial charge in [-0.15, -0.1) is 0 Å². The summed E-state index contributed by atoms with van der Waals surface area (Å²) in [6.45, 7) is 5.34. The molecule has 0 N–H and O–H groups in total. The number of aliphatic imine (C=N–C) groups is 1. The lowest BCUT2D eigenvalue weighted by atomic mass is 9.70. The molecule has 1 atom stereocenters. The van der Waals surface area contributed by atoms with Crippen molar-refractivity contribution < 1.29 is 9.53 Å². The monoisotopic (exact) mass is 385 g/mol. The number of hydrogen-bond donors (Lipinski definition) is 0. The van der Waals surface area contributed by atoms with Crippen molar-refractivity contribution in [2.75, 3.05) is 6.61 Å². The molecule has 0 fully saturated rings. The summed E-state index contributed by atoms with van der Waals surface area (Å²) < 4.78 is 7.68. The highest BCUT2D eigenvalue weighted by molar-refractivity contribution is 6.30. The van der Waals surface area contributed by atoms with Crippen molar-refractivity contribution in [1.82, 2.24) is 9.55 Å². The van der Waals surface area contributed by atoms with Gasteiger partial charge in [0.1, 0.15) is 0 Å². The highest BCUT2D eigenvalue weighted by atomic mass is 35.5. The number of nitrogens with zero attached hydrogens (tertiary/aromatic N) is 3. The second-order valence-corrected chi connectivity index (χ2v) is 7.87. The van der Waals surface area contributed by atoms with Crippen molar-refractivity contribution in [2.24, 2.45) is 10.4 Å². The summed E-state index contributed by atoms with van der Waals surface area (Å²) in [6.07, 6.45) is 13.3. The molecule has 142 valence electrons. The van der Waals surface area contributed by atoms with Crippen LogP contribution in [0, 0.1) is 5.41 Å². The molecule has 1 aliphatic heterocycles. The fraction of sp³-hybridized carbons (Fsp3) is 0.381. The fourth-order valence-corrected chi connectivity index (χ4v) is 3.42. The zero-order valence-electron chi connectivity index (χ0n) is 15.6. The molecule has 0 radical (unpaired) electrons. The van der Waals surface area contributed by atoms with Crippen LogP contribution in [0.2, 0.25) is 5.02 Å². The SMILES string of the molecule is CC(C)(COC(=O)c1ccc(Cl)cc1)C1(CCCn2ccnc2)C=CC=N1. The number of esters is 1. The molecule has 2 heterocycles. The van der Waals surface area contributed by atoms with Gasteiger partial charge in [-0.05, 0) is 43.2 Å². The smallest absolute Gasteiger partial charge is 0.338 e. The number of aromatic nitrogens is 2. The molecule has 5 nitrogen and oxygen atoms in total. The second kappa shape index (κ2) is 8.09. The molecule has 0 aliphatic carbocycles. The molecule has 27 heavy (non-hydrogen) atoms. The number of aryl methyl sites for hydroxylation is 1. The summed E-state index contributed by atoms with van der Waals surface area (Å²) in [5, 5.41) is 0.592. The topological polar surface area (TPSA) is 56.5 Å². The molecule has 1 aromatic heterocycles. The first kappa shape index (κ1) is 19.4. The minimum Gasteiger partial charge on any atom is -0.461 e. The Balaban J connectivity index is 1.62. The van der Waals surface area contributed by atoms with Gasteiger partial charge in [-0.25, -0.2) is 9.78 Å². The Labute approximate surface area is 164 Å². The number of ether oxygens (including phenoxy) is 1. The first-order valence-electron chi connectivity index (χ1n) is 9.03. The van der Waals surface area contributed by atoms with E-state index >= 15 is 0 Å². The van der Waals surface area contributed by atoms with Gasteiger partial charge in [0.15, 0.2) is 0 Å². The largest absolute Gasteiger partial charge is 0.461 e. The molecule has 0 saturated heterocycles. The average molecular weight is 386 g/mol. The van der Waals surface area contributed by atoms with Crippen LogP contribution in [0.1, 0.15) is 37.0 Å². The lowest BCUT2D eigenvalue weighted by Crippen LogP contribution is -2.44. The van der Waals surface area contributed by atoms with Crippen LogP contribution in [0.3, 0.4) is 0 Å². The van der Waals surface area contributed by atoms with Crippen LogP contribution in [0.5, 0.6) is 0 Å². The van der Waals surface area contributed by atoms with Crippen LogP contribution >= 0.6 is 11.6 Å². The standard InChI is InChI=1S/C21H24ClN3O2/c1-20(2,15-27-19(26)17-5-7-18(22)8-6-17)21(9-3-11-24-21)10-4-13-25-14-12-23-16-25/h3,5-9,11-12,14,16H,4,10,13,15H2,1-2H3. The van der Waals surface area contributed by atoms with Gasteiger partial charge >= 0.3 is 5.97 Å². The number of imidazole rings is 1. The number of hydrogen-bond acceptors (Lipinski definition) is 4. The Morgan fingerprint density at radius 3 is 2.70 bits per heavy atom. The molecule has 2 aromatic rings. The number of carbonyl (C=O) groups excluding carboxylic acids is 1. The number of allylic oxidation sites excluding steroid dienone is 1. The highest BCUT2D eigenvalue weighted by Crippen LogP contribution is 2.41. The van der Waals surface area contributed by atoms with E-state index in [1.165, 1.54) is 0 Å². The van der Waals surface area contributed by atoms with E-state index in [1.54, 1.807) is 30.5 Å². The maximum atomic E-state index is 12.4. The van der Waals surface area contributed by atoms with Crippen LogP contribution < -0.4 is 0 Å². The van der Waals surface area contributed by atoms with Crippen molar-refractivity contribution in [3.63, 3.8) is 0 Å². The number of benzene rings is 1. The summed E-state index contributed by atoms with van der Waals surface area (Å²) in [5.41, 5.74) is -0.226.